The van der Waals surface area contributed by atoms with E-state index in [0.29, 0.717) is 6.42 Å². The highest BCUT2D eigenvalue weighted by molar-refractivity contribution is 5.79. The molecular formula is C13H20N2O2. The Balaban J connectivity index is 1.98. The summed E-state index contributed by atoms with van der Waals surface area (Å²) in [6, 6.07) is 0. The van der Waals surface area contributed by atoms with Crippen molar-refractivity contribution in [1.29, 1.82) is 0 Å². The van der Waals surface area contributed by atoms with Crippen LogP contribution in [0, 0.1) is 19.8 Å². The first-order valence-corrected chi connectivity index (χ1v) is 6.27. The van der Waals surface area contributed by atoms with Gasteiger partial charge in [0.2, 0.25) is 5.91 Å². The fourth-order valence-corrected chi connectivity index (χ4v) is 2.28. The molecule has 0 unspecified atom stereocenters. The van der Waals surface area contributed by atoms with Crippen LogP contribution in [0.3, 0.4) is 0 Å². The van der Waals surface area contributed by atoms with E-state index in [1.54, 1.807) is 0 Å². The van der Waals surface area contributed by atoms with Crippen molar-refractivity contribution in [3.8, 4) is 0 Å². The van der Waals surface area contributed by atoms with Gasteiger partial charge in [0.05, 0.1) is 12.1 Å². The number of aryl methyl sites for hydroxylation is 2. The fourth-order valence-electron chi connectivity index (χ4n) is 2.28. The van der Waals surface area contributed by atoms with Gasteiger partial charge in [0.25, 0.3) is 0 Å². The SMILES string of the molecule is Cc1noc(C)c1CC(=O)N1CCC(C)CC1. The summed E-state index contributed by atoms with van der Waals surface area (Å²) in [5.74, 6) is 1.71. The second-order valence-electron chi connectivity index (χ2n) is 5.04. The van der Waals surface area contributed by atoms with Crippen molar-refractivity contribution in [1.82, 2.24) is 10.1 Å². The summed E-state index contributed by atoms with van der Waals surface area (Å²) in [4.78, 5) is 14.1. The Morgan fingerprint density at radius 3 is 2.59 bits per heavy atom. The molecule has 1 aromatic rings. The van der Waals surface area contributed by atoms with Crippen LogP contribution in [0.5, 0.6) is 0 Å². The molecule has 1 aliphatic rings. The van der Waals surface area contributed by atoms with Gasteiger partial charge >= 0.3 is 0 Å². The molecule has 2 rings (SSSR count). The van der Waals surface area contributed by atoms with Crippen molar-refractivity contribution in [2.24, 2.45) is 5.92 Å². The average molecular weight is 236 g/mol. The van der Waals surface area contributed by atoms with Gasteiger partial charge in [-0.15, -0.1) is 0 Å². The van der Waals surface area contributed by atoms with E-state index < -0.39 is 0 Å². The van der Waals surface area contributed by atoms with Gasteiger partial charge in [0, 0.05) is 18.7 Å². The first-order valence-electron chi connectivity index (χ1n) is 6.27. The Kier molecular flexibility index (Phi) is 3.50. The maximum absolute atomic E-state index is 12.1. The van der Waals surface area contributed by atoms with E-state index in [1.165, 1.54) is 0 Å². The molecule has 0 atom stereocenters. The van der Waals surface area contributed by atoms with Crippen molar-refractivity contribution in [2.45, 2.75) is 40.0 Å². The van der Waals surface area contributed by atoms with E-state index in [4.69, 9.17) is 4.52 Å². The molecule has 0 aliphatic carbocycles. The van der Waals surface area contributed by atoms with Crippen LogP contribution in [0.25, 0.3) is 0 Å². The molecule has 1 aromatic heterocycles. The van der Waals surface area contributed by atoms with Gasteiger partial charge in [0.1, 0.15) is 5.76 Å². The fraction of sp³-hybridized carbons (Fsp3) is 0.692. The predicted octanol–water partition coefficient (Wildman–Crippen LogP) is 2.09. The number of nitrogens with zero attached hydrogens (tertiary/aromatic N) is 2. The van der Waals surface area contributed by atoms with Crippen molar-refractivity contribution in [2.75, 3.05) is 13.1 Å². The number of hydrogen-bond donors (Lipinski definition) is 0. The van der Waals surface area contributed by atoms with E-state index in [-0.39, 0.29) is 5.91 Å². The quantitative estimate of drug-likeness (QED) is 0.790. The molecule has 17 heavy (non-hydrogen) atoms. The number of rotatable bonds is 2. The number of likely N-dealkylation sites (tertiary alicyclic amines) is 1. The van der Waals surface area contributed by atoms with Gasteiger partial charge < -0.3 is 9.42 Å². The summed E-state index contributed by atoms with van der Waals surface area (Å²) in [5.41, 5.74) is 1.79. The van der Waals surface area contributed by atoms with Crippen molar-refractivity contribution < 1.29 is 9.32 Å². The van der Waals surface area contributed by atoms with Gasteiger partial charge in [-0.05, 0) is 32.6 Å². The van der Waals surface area contributed by atoms with E-state index in [1.807, 2.05) is 18.7 Å². The van der Waals surface area contributed by atoms with Gasteiger partial charge in [-0.2, -0.15) is 0 Å². The third kappa shape index (κ3) is 2.68. The molecule has 4 heteroatoms. The average Bonchev–Trinajstić information content (AvgIpc) is 2.61. The lowest BCUT2D eigenvalue weighted by atomic mass is 9.98. The molecule has 0 radical (unpaired) electrons. The Hall–Kier alpha value is -1.32. The first-order chi connectivity index (χ1) is 8.08. The summed E-state index contributed by atoms with van der Waals surface area (Å²) in [5, 5.41) is 3.88. The standard InChI is InChI=1S/C13H20N2O2/c1-9-4-6-15(7-5-9)13(16)8-12-10(2)14-17-11(12)3/h9H,4-8H2,1-3H3. The first kappa shape index (κ1) is 12.1. The highest BCUT2D eigenvalue weighted by Crippen LogP contribution is 2.19. The largest absolute Gasteiger partial charge is 0.361 e. The molecule has 0 aromatic carbocycles. The van der Waals surface area contributed by atoms with Gasteiger partial charge in [-0.3, -0.25) is 4.79 Å². The molecule has 1 fully saturated rings. The summed E-state index contributed by atoms with van der Waals surface area (Å²) >= 11 is 0. The van der Waals surface area contributed by atoms with Gasteiger partial charge in [0.15, 0.2) is 0 Å². The second-order valence-corrected chi connectivity index (χ2v) is 5.04. The molecule has 0 bridgehead atoms. The van der Waals surface area contributed by atoms with Crippen molar-refractivity contribution in [3.63, 3.8) is 0 Å². The molecule has 0 saturated carbocycles. The monoisotopic (exact) mass is 236 g/mol. The van der Waals surface area contributed by atoms with Crippen molar-refractivity contribution >= 4 is 5.91 Å². The zero-order valence-corrected chi connectivity index (χ0v) is 10.8. The van der Waals surface area contributed by atoms with Crippen LogP contribution in [0.4, 0.5) is 0 Å². The lowest BCUT2D eigenvalue weighted by Crippen LogP contribution is -2.38. The zero-order valence-electron chi connectivity index (χ0n) is 10.8. The number of aromatic nitrogens is 1. The third-order valence-corrected chi connectivity index (χ3v) is 3.65. The van der Waals surface area contributed by atoms with Crippen molar-refractivity contribution in [3.05, 3.63) is 17.0 Å². The van der Waals surface area contributed by atoms with Crippen LogP contribution in [0.1, 0.15) is 36.8 Å². The topological polar surface area (TPSA) is 46.3 Å². The molecule has 0 N–H and O–H groups in total. The molecule has 0 spiro atoms. The highest BCUT2D eigenvalue weighted by Gasteiger charge is 2.22. The Labute approximate surface area is 102 Å². The number of amides is 1. The lowest BCUT2D eigenvalue weighted by molar-refractivity contribution is -0.131. The Morgan fingerprint density at radius 1 is 1.41 bits per heavy atom. The smallest absolute Gasteiger partial charge is 0.227 e. The highest BCUT2D eigenvalue weighted by atomic mass is 16.5. The summed E-state index contributed by atoms with van der Waals surface area (Å²) < 4.78 is 5.08. The molecule has 1 aliphatic heterocycles. The van der Waals surface area contributed by atoms with Gasteiger partial charge in [-0.25, -0.2) is 0 Å². The molecule has 2 heterocycles. The van der Waals surface area contributed by atoms with Crippen LogP contribution >= 0.6 is 0 Å². The number of piperidine rings is 1. The Morgan fingerprint density at radius 2 is 2.06 bits per heavy atom. The predicted molar refractivity (Wildman–Crippen MR) is 64.7 cm³/mol. The van der Waals surface area contributed by atoms with Crippen LogP contribution in [-0.2, 0) is 11.2 Å². The Bertz CT molecular complexity index is 384. The maximum atomic E-state index is 12.1. The summed E-state index contributed by atoms with van der Waals surface area (Å²) in [6.45, 7) is 7.78. The molecule has 4 nitrogen and oxygen atoms in total. The minimum Gasteiger partial charge on any atom is -0.361 e. The van der Waals surface area contributed by atoms with Crippen LogP contribution in [0.2, 0.25) is 0 Å². The van der Waals surface area contributed by atoms with Crippen LogP contribution < -0.4 is 0 Å². The normalized spacial score (nSPS) is 17.5. The molecule has 1 saturated heterocycles. The number of hydrogen-bond acceptors (Lipinski definition) is 3. The summed E-state index contributed by atoms with van der Waals surface area (Å²) in [7, 11) is 0. The lowest BCUT2D eigenvalue weighted by Gasteiger charge is -2.30. The maximum Gasteiger partial charge on any atom is 0.227 e. The third-order valence-electron chi connectivity index (χ3n) is 3.65. The molecule has 94 valence electrons. The minimum atomic E-state index is 0.200. The van der Waals surface area contributed by atoms with E-state index in [2.05, 4.69) is 12.1 Å². The van der Waals surface area contributed by atoms with Crippen LogP contribution in [-0.4, -0.2) is 29.1 Å². The van der Waals surface area contributed by atoms with E-state index >= 15 is 0 Å². The zero-order chi connectivity index (χ0) is 12.4. The minimum absolute atomic E-state index is 0.200. The van der Waals surface area contributed by atoms with E-state index in [0.717, 1.165) is 48.9 Å². The van der Waals surface area contributed by atoms with Crippen LogP contribution in [0.15, 0.2) is 4.52 Å². The number of carbonyl (C=O) groups is 1. The van der Waals surface area contributed by atoms with E-state index in [9.17, 15) is 4.79 Å². The number of carbonyl (C=O) groups excluding carboxylic acids is 1. The molecule has 1 amide bonds. The molecular weight excluding hydrogens is 216 g/mol. The second kappa shape index (κ2) is 4.90. The summed E-state index contributed by atoms with van der Waals surface area (Å²) in [6.07, 6.45) is 2.66. The van der Waals surface area contributed by atoms with Gasteiger partial charge in [-0.1, -0.05) is 12.1 Å².